The molecule has 0 spiro atoms. The van der Waals surface area contributed by atoms with Crippen LogP contribution in [0.3, 0.4) is 0 Å². The van der Waals surface area contributed by atoms with Crippen LogP contribution in [0.5, 0.6) is 5.75 Å². The average Bonchev–Trinajstić information content (AvgIpc) is 2.56. The summed E-state index contributed by atoms with van der Waals surface area (Å²) >= 11 is 5.91. The van der Waals surface area contributed by atoms with Crippen LogP contribution in [-0.2, 0) is 13.6 Å². The molecule has 2 aromatic rings. The zero-order chi connectivity index (χ0) is 17.6. The van der Waals surface area contributed by atoms with E-state index in [0.29, 0.717) is 10.6 Å². The maximum Gasteiger partial charge on any atom is 0.357 e. The van der Waals surface area contributed by atoms with E-state index in [9.17, 15) is 9.67 Å². The molecule has 7 heteroatoms. The second-order valence-electron chi connectivity index (χ2n) is 5.02. The van der Waals surface area contributed by atoms with Crippen molar-refractivity contribution in [1.82, 2.24) is 0 Å². The Hall–Kier alpha value is -1.52. The Bertz CT molecular complexity index is 681. The molecule has 0 saturated heterocycles. The van der Waals surface area contributed by atoms with E-state index in [2.05, 4.69) is 5.32 Å². The Morgan fingerprint density at radius 1 is 1.04 bits per heavy atom. The summed E-state index contributed by atoms with van der Waals surface area (Å²) < 4.78 is 24.3. The van der Waals surface area contributed by atoms with Gasteiger partial charge in [0.25, 0.3) is 0 Å². The van der Waals surface area contributed by atoms with Gasteiger partial charge in [0, 0.05) is 10.7 Å². The average molecular weight is 370 g/mol. The maximum atomic E-state index is 13.3. The van der Waals surface area contributed by atoms with Gasteiger partial charge < -0.3 is 19.5 Å². The summed E-state index contributed by atoms with van der Waals surface area (Å²) in [6.45, 7) is 4.05. The highest BCUT2D eigenvalue weighted by Crippen LogP contribution is 2.60. The normalized spacial score (nSPS) is 12.8. The van der Waals surface area contributed by atoms with E-state index in [1.54, 1.807) is 50.2 Å². The molecule has 0 fully saturated rings. The Balaban J connectivity index is 2.41. The van der Waals surface area contributed by atoms with E-state index in [-0.39, 0.29) is 19.0 Å². The molecule has 0 aromatic heterocycles. The van der Waals surface area contributed by atoms with Crippen molar-refractivity contribution in [2.75, 3.05) is 18.5 Å². The predicted octanol–water partition coefficient (Wildman–Crippen LogP) is 5.42. The molecule has 2 N–H and O–H groups in total. The van der Waals surface area contributed by atoms with Gasteiger partial charge in [-0.15, -0.1) is 0 Å². The number of anilines is 1. The van der Waals surface area contributed by atoms with E-state index < -0.39 is 13.4 Å². The molecule has 2 rings (SSSR count). The van der Waals surface area contributed by atoms with Gasteiger partial charge in [0.05, 0.1) is 13.2 Å². The van der Waals surface area contributed by atoms with Crippen molar-refractivity contribution in [3.05, 3.63) is 59.1 Å². The van der Waals surface area contributed by atoms with Gasteiger partial charge in [-0.3, -0.25) is 4.57 Å². The van der Waals surface area contributed by atoms with Crippen molar-refractivity contribution in [3.63, 3.8) is 0 Å². The highest BCUT2D eigenvalue weighted by Gasteiger charge is 2.37. The minimum Gasteiger partial charge on any atom is -0.508 e. The van der Waals surface area contributed by atoms with Gasteiger partial charge in [-0.1, -0.05) is 23.7 Å². The number of hydrogen-bond donors (Lipinski definition) is 2. The Morgan fingerprint density at radius 3 is 2.08 bits per heavy atom. The molecule has 0 radical (unpaired) electrons. The van der Waals surface area contributed by atoms with E-state index in [4.69, 9.17) is 20.6 Å². The first-order valence-electron chi connectivity index (χ1n) is 7.68. The van der Waals surface area contributed by atoms with Gasteiger partial charge in [-0.2, -0.15) is 0 Å². The van der Waals surface area contributed by atoms with Crippen molar-refractivity contribution in [2.24, 2.45) is 0 Å². The number of rotatable bonds is 8. The van der Waals surface area contributed by atoms with Crippen molar-refractivity contribution in [2.45, 2.75) is 19.6 Å². The van der Waals surface area contributed by atoms with Crippen LogP contribution >= 0.6 is 19.2 Å². The predicted molar refractivity (Wildman–Crippen MR) is 96.8 cm³/mol. The summed E-state index contributed by atoms with van der Waals surface area (Å²) in [4.78, 5) is 0. The van der Waals surface area contributed by atoms with Crippen LogP contribution in [0.25, 0.3) is 0 Å². The van der Waals surface area contributed by atoms with Gasteiger partial charge in [-0.05, 0) is 55.8 Å². The number of phenols is 1. The largest absolute Gasteiger partial charge is 0.508 e. The van der Waals surface area contributed by atoms with Crippen LogP contribution in [-0.4, -0.2) is 18.3 Å². The number of halogens is 1. The minimum absolute atomic E-state index is 0.131. The first-order chi connectivity index (χ1) is 11.5. The summed E-state index contributed by atoms with van der Waals surface area (Å²) in [6.07, 6.45) is 0. The summed E-state index contributed by atoms with van der Waals surface area (Å²) in [5.41, 5.74) is 1.42. The van der Waals surface area contributed by atoms with E-state index >= 15 is 0 Å². The standard InChI is InChI=1S/C17H21ClNO4P/c1-3-22-24(21,23-4-2)17(13-5-11-16(20)12-6-13)19-15-9-7-14(18)8-10-15/h5-12,17,19-20H,3-4H2,1-2H3. The Labute approximate surface area is 147 Å². The van der Waals surface area contributed by atoms with E-state index in [1.165, 1.54) is 12.1 Å². The fraction of sp³-hybridized carbons (Fsp3) is 0.294. The molecule has 0 amide bonds. The molecule has 0 aliphatic rings. The third kappa shape index (κ3) is 4.74. The monoisotopic (exact) mass is 369 g/mol. The van der Waals surface area contributed by atoms with Crippen molar-refractivity contribution in [3.8, 4) is 5.75 Å². The molecule has 0 aliphatic carbocycles. The molecule has 0 saturated carbocycles. The number of phenolic OH excluding ortho intramolecular Hbond substituents is 1. The molecule has 130 valence electrons. The van der Waals surface area contributed by atoms with Crippen LogP contribution < -0.4 is 5.32 Å². The Kier molecular flexibility index (Phi) is 6.69. The van der Waals surface area contributed by atoms with Gasteiger partial charge in [0.1, 0.15) is 5.75 Å². The molecule has 1 atom stereocenters. The first kappa shape index (κ1) is 18.8. The molecule has 0 bridgehead atoms. The summed E-state index contributed by atoms with van der Waals surface area (Å²) in [5, 5.41) is 13.3. The number of nitrogens with one attached hydrogen (secondary N) is 1. The smallest absolute Gasteiger partial charge is 0.357 e. The van der Waals surface area contributed by atoms with Crippen LogP contribution in [0.4, 0.5) is 5.69 Å². The molecular weight excluding hydrogens is 349 g/mol. The third-order valence-corrected chi connectivity index (χ3v) is 5.84. The number of aromatic hydroxyl groups is 1. The molecular formula is C17H21ClNO4P. The van der Waals surface area contributed by atoms with Crippen molar-refractivity contribution in [1.29, 1.82) is 0 Å². The van der Waals surface area contributed by atoms with E-state index in [0.717, 1.165) is 5.69 Å². The topological polar surface area (TPSA) is 67.8 Å². The quantitative estimate of drug-likeness (QED) is 0.608. The summed E-state index contributed by atoms with van der Waals surface area (Å²) in [7, 11) is -3.47. The molecule has 24 heavy (non-hydrogen) atoms. The highest BCUT2D eigenvalue weighted by molar-refractivity contribution is 7.54. The third-order valence-electron chi connectivity index (χ3n) is 3.29. The lowest BCUT2D eigenvalue weighted by molar-refractivity contribution is 0.214. The van der Waals surface area contributed by atoms with E-state index in [1.807, 2.05) is 0 Å². The van der Waals surface area contributed by atoms with Gasteiger partial charge in [-0.25, -0.2) is 0 Å². The number of benzene rings is 2. The fourth-order valence-electron chi connectivity index (χ4n) is 2.25. The zero-order valence-electron chi connectivity index (χ0n) is 13.6. The minimum atomic E-state index is -3.47. The van der Waals surface area contributed by atoms with Gasteiger partial charge in [0.2, 0.25) is 0 Å². The van der Waals surface area contributed by atoms with Crippen LogP contribution in [0.15, 0.2) is 48.5 Å². The SMILES string of the molecule is CCOP(=O)(OCC)C(Nc1ccc(Cl)cc1)c1ccc(O)cc1. The van der Waals surface area contributed by atoms with Crippen LogP contribution in [0, 0.1) is 0 Å². The summed E-state index contributed by atoms with van der Waals surface area (Å²) in [5.74, 6) is -0.578. The van der Waals surface area contributed by atoms with Crippen molar-refractivity contribution >= 4 is 24.9 Å². The second-order valence-corrected chi connectivity index (χ2v) is 7.57. The molecule has 2 aromatic carbocycles. The first-order valence-corrected chi connectivity index (χ1v) is 9.67. The zero-order valence-corrected chi connectivity index (χ0v) is 15.3. The molecule has 5 nitrogen and oxygen atoms in total. The maximum absolute atomic E-state index is 13.3. The second kappa shape index (κ2) is 8.54. The van der Waals surface area contributed by atoms with Gasteiger partial charge >= 0.3 is 7.60 Å². The Morgan fingerprint density at radius 2 is 1.58 bits per heavy atom. The highest BCUT2D eigenvalue weighted by atomic mass is 35.5. The van der Waals surface area contributed by atoms with Crippen molar-refractivity contribution < 1.29 is 18.7 Å². The lowest BCUT2D eigenvalue weighted by Gasteiger charge is -2.28. The molecule has 1 unspecified atom stereocenters. The fourth-order valence-corrected chi connectivity index (χ4v) is 4.31. The van der Waals surface area contributed by atoms with Gasteiger partial charge in [0.15, 0.2) is 5.78 Å². The molecule has 0 heterocycles. The lowest BCUT2D eigenvalue weighted by Crippen LogP contribution is -2.15. The lowest BCUT2D eigenvalue weighted by atomic mass is 10.2. The summed E-state index contributed by atoms with van der Waals surface area (Å²) in [6, 6.07) is 13.5. The van der Waals surface area contributed by atoms with Crippen LogP contribution in [0.2, 0.25) is 5.02 Å². The van der Waals surface area contributed by atoms with Crippen LogP contribution in [0.1, 0.15) is 25.2 Å². The number of hydrogen-bond acceptors (Lipinski definition) is 5. The molecule has 0 aliphatic heterocycles.